The van der Waals surface area contributed by atoms with Crippen molar-refractivity contribution in [3.63, 3.8) is 0 Å². The molecule has 1 atom stereocenters. The number of aromatic nitrogens is 2. The van der Waals surface area contributed by atoms with Crippen LogP contribution in [0.25, 0.3) is 6.08 Å². The number of hydrogen-bond acceptors (Lipinski definition) is 4. The van der Waals surface area contributed by atoms with Crippen LogP contribution in [0.1, 0.15) is 32.8 Å². The van der Waals surface area contributed by atoms with E-state index in [1.54, 1.807) is 17.3 Å². The molecule has 5 nitrogen and oxygen atoms in total. The first kappa shape index (κ1) is 14.5. The molecule has 1 fully saturated rings. The number of carbonyl (C=O) groups is 1. The lowest BCUT2D eigenvalue weighted by Crippen LogP contribution is -2.35. The van der Waals surface area contributed by atoms with E-state index in [2.05, 4.69) is 16.0 Å². The highest BCUT2D eigenvalue weighted by atomic mass is 16.6. The SMILES string of the molecule is CC(C)(C)OC(=O)N1CC[C@@H](C=Cc2cncnc2)C1. The fraction of sp³-hybridized carbons (Fsp3) is 0.533. The van der Waals surface area contributed by atoms with E-state index >= 15 is 0 Å². The Kier molecular flexibility index (Phi) is 4.37. The third kappa shape index (κ3) is 4.33. The summed E-state index contributed by atoms with van der Waals surface area (Å²) in [6.07, 6.45) is 9.90. The van der Waals surface area contributed by atoms with Gasteiger partial charge in [-0.2, -0.15) is 0 Å². The van der Waals surface area contributed by atoms with Gasteiger partial charge in [-0.25, -0.2) is 14.8 Å². The van der Waals surface area contributed by atoms with Crippen molar-refractivity contribution in [2.24, 2.45) is 5.92 Å². The Labute approximate surface area is 119 Å². The Balaban J connectivity index is 1.86. The number of rotatable bonds is 2. The minimum atomic E-state index is -0.438. The Morgan fingerprint density at radius 1 is 1.40 bits per heavy atom. The summed E-state index contributed by atoms with van der Waals surface area (Å²) in [5, 5.41) is 0. The molecule has 108 valence electrons. The molecule has 5 heteroatoms. The molecule has 1 amide bonds. The second kappa shape index (κ2) is 6.03. The molecule has 0 aliphatic carbocycles. The van der Waals surface area contributed by atoms with E-state index in [1.165, 1.54) is 6.33 Å². The molecule has 1 aliphatic heterocycles. The monoisotopic (exact) mass is 275 g/mol. The summed E-state index contributed by atoms with van der Waals surface area (Å²) in [6, 6.07) is 0. The Morgan fingerprint density at radius 2 is 2.10 bits per heavy atom. The first-order valence-corrected chi connectivity index (χ1v) is 6.85. The van der Waals surface area contributed by atoms with Crippen LogP contribution >= 0.6 is 0 Å². The third-order valence-corrected chi connectivity index (χ3v) is 3.02. The lowest BCUT2D eigenvalue weighted by molar-refractivity contribution is 0.0291. The smallest absolute Gasteiger partial charge is 0.410 e. The van der Waals surface area contributed by atoms with Gasteiger partial charge in [0.05, 0.1) is 0 Å². The van der Waals surface area contributed by atoms with Crippen molar-refractivity contribution in [2.75, 3.05) is 13.1 Å². The quantitative estimate of drug-likeness (QED) is 0.832. The van der Waals surface area contributed by atoms with Crippen molar-refractivity contribution >= 4 is 12.2 Å². The van der Waals surface area contributed by atoms with Crippen molar-refractivity contribution < 1.29 is 9.53 Å². The first-order valence-electron chi connectivity index (χ1n) is 6.85. The number of ether oxygens (including phenoxy) is 1. The van der Waals surface area contributed by atoms with Gasteiger partial charge in [-0.3, -0.25) is 0 Å². The molecule has 0 N–H and O–H groups in total. The normalized spacial score (nSPS) is 19.6. The summed E-state index contributed by atoms with van der Waals surface area (Å²) < 4.78 is 5.38. The lowest BCUT2D eigenvalue weighted by atomic mass is 10.1. The highest BCUT2D eigenvalue weighted by Gasteiger charge is 2.28. The fourth-order valence-corrected chi connectivity index (χ4v) is 2.08. The number of hydrogen-bond donors (Lipinski definition) is 0. The molecule has 1 aliphatic rings. The Bertz CT molecular complexity index is 480. The minimum absolute atomic E-state index is 0.226. The molecule has 0 aromatic carbocycles. The van der Waals surface area contributed by atoms with E-state index in [4.69, 9.17) is 4.74 Å². The van der Waals surface area contributed by atoms with E-state index in [1.807, 2.05) is 26.8 Å². The molecule has 2 heterocycles. The van der Waals surface area contributed by atoms with Crippen molar-refractivity contribution in [1.29, 1.82) is 0 Å². The van der Waals surface area contributed by atoms with Gasteiger partial charge in [-0.05, 0) is 33.1 Å². The predicted molar refractivity (Wildman–Crippen MR) is 77.0 cm³/mol. The maximum Gasteiger partial charge on any atom is 0.410 e. The topological polar surface area (TPSA) is 55.3 Å². The summed E-state index contributed by atoms with van der Waals surface area (Å²) in [7, 11) is 0. The average Bonchev–Trinajstić information content (AvgIpc) is 2.84. The highest BCUT2D eigenvalue weighted by Crippen LogP contribution is 2.21. The van der Waals surface area contributed by atoms with Crippen LogP contribution in [0, 0.1) is 5.92 Å². The molecule has 2 rings (SSSR count). The zero-order chi connectivity index (χ0) is 14.6. The minimum Gasteiger partial charge on any atom is -0.444 e. The lowest BCUT2D eigenvalue weighted by Gasteiger charge is -2.24. The van der Waals surface area contributed by atoms with Gasteiger partial charge < -0.3 is 9.64 Å². The van der Waals surface area contributed by atoms with Crippen LogP contribution in [-0.2, 0) is 4.74 Å². The van der Waals surface area contributed by atoms with Crippen LogP contribution in [-0.4, -0.2) is 39.7 Å². The van der Waals surface area contributed by atoms with Crippen LogP contribution in [0.4, 0.5) is 4.79 Å². The molecule has 1 aromatic rings. The molecule has 1 aromatic heterocycles. The molecule has 0 bridgehead atoms. The van der Waals surface area contributed by atoms with Crippen LogP contribution in [0.2, 0.25) is 0 Å². The van der Waals surface area contributed by atoms with Gasteiger partial charge in [0.2, 0.25) is 0 Å². The molecule has 20 heavy (non-hydrogen) atoms. The van der Waals surface area contributed by atoms with Gasteiger partial charge in [0, 0.05) is 31.0 Å². The fourth-order valence-electron chi connectivity index (χ4n) is 2.08. The van der Waals surface area contributed by atoms with Crippen LogP contribution in [0.5, 0.6) is 0 Å². The van der Waals surface area contributed by atoms with E-state index in [0.29, 0.717) is 12.5 Å². The van der Waals surface area contributed by atoms with E-state index in [-0.39, 0.29) is 6.09 Å². The summed E-state index contributed by atoms with van der Waals surface area (Å²) in [4.78, 5) is 21.6. The number of amides is 1. The summed E-state index contributed by atoms with van der Waals surface area (Å²) in [5.41, 5.74) is 0.537. The van der Waals surface area contributed by atoms with E-state index < -0.39 is 5.60 Å². The van der Waals surface area contributed by atoms with Gasteiger partial charge in [-0.15, -0.1) is 0 Å². The second-order valence-corrected chi connectivity index (χ2v) is 6.01. The standard InChI is InChI=1S/C15H21N3O2/c1-15(2,3)20-14(19)18-7-6-12(10-18)4-5-13-8-16-11-17-9-13/h4-5,8-9,11-12H,6-7,10H2,1-3H3/t12-/m1/s1. The molecule has 1 saturated heterocycles. The van der Waals surface area contributed by atoms with E-state index in [9.17, 15) is 4.79 Å². The predicted octanol–water partition coefficient (Wildman–Crippen LogP) is 2.75. The van der Waals surface area contributed by atoms with E-state index in [0.717, 1.165) is 18.5 Å². The molecule has 0 saturated carbocycles. The van der Waals surface area contributed by atoms with Crippen LogP contribution in [0.15, 0.2) is 24.8 Å². The first-order chi connectivity index (χ1) is 9.44. The van der Waals surface area contributed by atoms with Crippen molar-refractivity contribution in [3.05, 3.63) is 30.4 Å². The maximum absolute atomic E-state index is 11.9. The van der Waals surface area contributed by atoms with Gasteiger partial charge in [-0.1, -0.05) is 12.2 Å². The molecule has 0 radical (unpaired) electrons. The zero-order valence-electron chi connectivity index (χ0n) is 12.2. The summed E-state index contributed by atoms with van der Waals surface area (Å²) in [6.45, 7) is 7.10. The average molecular weight is 275 g/mol. The van der Waals surface area contributed by atoms with Gasteiger partial charge in [0.25, 0.3) is 0 Å². The number of likely N-dealkylation sites (tertiary alicyclic amines) is 1. The second-order valence-electron chi connectivity index (χ2n) is 6.01. The van der Waals surface area contributed by atoms with Gasteiger partial charge >= 0.3 is 6.09 Å². The largest absolute Gasteiger partial charge is 0.444 e. The number of nitrogens with zero attached hydrogens (tertiary/aromatic N) is 3. The third-order valence-electron chi connectivity index (χ3n) is 3.02. The zero-order valence-corrected chi connectivity index (χ0v) is 12.2. The van der Waals surface area contributed by atoms with Gasteiger partial charge in [0.1, 0.15) is 11.9 Å². The van der Waals surface area contributed by atoms with Crippen molar-refractivity contribution in [3.8, 4) is 0 Å². The molecular formula is C15H21N3O2. The number of carbonyl (C=O) groups excluding carboxylic acids is 1. The molecule has 0 unspecified atom stereocenters. The van der Waals surface area contributed by atoms with Gasteiger partial charge in [0.15, 0.2) is 0 Å². The van der Waals surface area contributed by atoms with Crippen LogP contribution in [0.3, 0.4) is 0 Å². The van der Waals surface area contributed by atoms with Crippen LogP contribution < -0.4 is 0 Å². The Morgan fingerprint density at radius 3 is 2.75 bits per heavy atom. The van der Waals surface area contributed by atoms with Crippen molar-refractivity contribution in [1.82, 2.24) is 14.9 Å². The summed E-state index contributed by atoms with van der Waals surface area (Å²) >= 11 is 0. The van der Waals surface area contributed by atoms with Crippen molar-refractivity contribution in [2.45, 2.75) is 32.8 Å². The molecular weight excluding hydrogens is 254 g/mol. The summed E-state index contributed by atoms with van der Waals surface area (Å²) in [5.74, 6) is 0.364. The Hall–Kier alpha value is -1.91. The highest BCUT2D eigenvalue weighted by molar-refractivity contribution is 5.68. The molecule has 0 spiro atoms. The maximum atomic E-state index is 11.9.